The number of nitrogens with one attached hydrogen (secondary N) is 1. The largest absolute Gasteiger partial charge is 0.389 e. The van der Waals surface area contributed by atoms with Crippen LogP contribution < -0.4 is 5.32 Å². The summed E-state index contributed by atoms with van der Waals surface area (Å²) >= 11 is 0. The molecule has 1 unspecified atom stereocenters. The molecule has 1 fully saturated rings. The second-order valence-corrected chi connectivity index (χ2v) is 5.85. The Morgan fingerprint density at radius 1 is 1.26 bits per heavy atom. The topological polar surface area (TPSA) is 49.4 Å². The summed E-state index contributed by atoms with van der Waals surface area (Å²) in [4.78, 5) is 24.8. The molecular weight excluding hydrogens is 261 g/mol. The molecule has 1 heterocycles. The Bertz CT molecular complexity index is 361. The van der Waals surface area contributed by atoms with Crippen molar-refractivity contribution < 1.29 is 22.8 Å². The lowest BCUT2D eigenvalue weighted by Gasteiger charge is -2.38. The van der Waals surface area contributed by atoms with Gasteiger partial charge >= 0.3 is 6.18 Å². The zero-order valence-electron chi connectivity index (χ0n) is 11.3. The van der Waals surface area contributed by atoms with Crippen molar-refractivity contribution in [2.24, 2.45) is 5.41 Å². The number of carbonyl (C=O) groups excluding carboxylic acids is 2. The van der Waals surface area contributed by atoms with Crippen LogP contribution in [0.25, 0.3) is 0 Å². The zero-order valence-corrected chi connectivity index (χ0v) is 11.3. The monoisotopic (exact) mass is 280 g/mol. The third-order valence-corrected chi connectivity index (χ3v) is 2.95. The number of halogens is 3. The van der Waals surface area contributed by atoms with Crippen LogP contribution in [0, 0.1) is 5.41 Å². The number of carbonyl (C=O) groups is 2. The molecular formula is C12H19F3N2O2. The van der Waals surface area contributed by atoms with Crippen LogP contribution in [0.5, 0.6) is 0 Å². The number of amides is 2. The second-order valence-electron chi connectivity index (χ2n) is 5.85. The van der Waals surface area contributed by atoms with Crippen molar-refractivity contribution in [1.29, 1.82) is 0 Å². The van der Waals surface area contributed by atoms with Gasteiger partial charge in [-0.1, -0.05) is 20.8 Å². The molecule has 4 nitrogen and oxygen atoms in total. The van der Waals surface area contributed by atoms with Crippen LogP contribution in [-0.4, -0.2) is 42.0 Å². The maximum Gasteiger partial charge on any atom is 0.389 e. The molecule has 19 heavy (non-hydrogen) atoms. The third kappa shape index (κ3) is 4.72. The highest BCUT2D eigenvalue weighted by Crippen LogP contribution is 2.25. The van der Waals surface area contributed by atoms with E-state index < -0.39 is 24.1 Å². The van der Waals surface area contributed by atoms with Gasteiger partial charge in [0.25, 0.3) is 0 Å². The average molecular weight is 280 g/mol. The Labute approximate surface area is 110 Å². The normalized spacial score (nSPS) is 21.6. The molecule has 2 amide bonds. The molecule has 0 aromatic heterocycles. The molecule has 0 radical (unpaired) electrons. The van der Waals surface area contributed by atoms with Crippen molar-refractivity contribution in [2.75, 3.05) is 13.1 Å². The van der Waals surface area contributed by atoms with E-state index in [1.165, 1.54) is 4.90 Å². The second kappa shape index (κ2) is 5.38. The molecule has 1 N–H and O–H groups in total. The average Bonchev–Trinajstić information content (AvgIpc) is 2.19. The first-order valence-corrected chi connectivity index (χ1v) is 6.15. The minimum absolute atomic E-state index is 0.0433. The summed E-state index contributed by atoms with van der Waals surface area (Å²) in [6, 6.07) is -0.681. The third-order valence-electron chi connectivity index (χ3n) is 2.95. The fourth-order valence-corrected chi connectivity index (χ4v) is 1.95. The molecule has 7 heteroatoms. The number of piperazine rings is 1. The maximum atomic E-state index is 12.1. The molecule has 0 aromatic rings. The zero-order chi connectivity index (χ0) is 14.8. The van der Waals surface area contributed by atoms with Crippen LogP contribution in [-0.2, 0) is 9.59 Å². The van der Waals surface area contributed by atoms with Crippen LogP contribution in [0.3, 0.4) is 0 Å². The van der Waals surface area contributed by atoms with E-state index in [9.17, 15) is 22.8 Å². The molecule has 0 saturated carbocycles. The van der Waals surface area contributed by atoms with Crippen molar-refractivity contribution in [2.45, 2.75) is 45.8 Å². The lowest BCUT2D eigenvalue weighted by molar-refractivity contribution is -0.150. The van der Waals surface area contributed by atoms with Crippen LogP contribution in [0.1, 0.15) is 33.6 Å². The van der Waals surface area contributed by atoms with Gasteiger partial charge in [0.05, 0.1) is 6.54 Å². The van der Waals surface area contributed by atoms with E-state index in [1.807, 2.05) is 0 Å². The summed E-state index contributed by atoms with van der Waals surface area (Å²) < 4.78 is 36.2. The summed E-state index contributed by atoms with van der Waals surface area (Å²) in [5.41, 5.74) is -0.463. The highest BCUT2D eigenvalue weighted by molar-refractivity contribution is 5.95. The molecule has 0 aromatic carbocycles. The van der Waals surface area contributed by atoms with Gasteiger partial charge in [0.2, 0.25) is 11.8 Å². The highest BCUT2D eigenvalue weighted by Gasteiger charge is 2.40. The standard InChI is InChI=1S/C12H19F3N2O2/c1-11(2,3)9-10(19)17(7-8(18)16-9)6-4-5-12(13,14)15/h9H,4-7H2,1-3H3,(H,16,18). The molecule has 1 saturated heterocycles. The molecule has 0 bridgehead atoms. The summed E-state index contributed by atoms with van der Waals surface area (Å²) in [5, 5.41) is 2.59. The van der Waals surface area contributed by atoms with Crippen LogP contribution >= 0.6 is 0 Å². The SMILES string of the molecule is CC(C)(C)C1NC(=O)CN(CCCC(F)(F)F)C1=O. The van der Waals surface area contributed by atoms with Crippen LogP contribution in [0.4, 0.5) is 13.2 Å². The van der Waals surface area contributed by atoms with Gasteiger partial charge in [-0.15, -0.1) is 0 Å². The fraction of sp³-hybridized carbons (Fsp3) is 0.833. The van der Waals surface area contributed by atoms with Crippen molar-refractivity contribution >= 4 is 11.8 Å². The maximum absolute atomic E-state index is 12.1. The number of nitrogens with zero attached hydrogens (tertiary/aromatic N) is 1. The Hall–Kier alpha value is -1.27. The van der Waals surface area contributed by atoms with Gasteiger partial charge in [0, 0.05) is 13.0 Å². The van der Waals surface area contributed by atoms with Gasteiger partial charge in [-0.05, 0) is 11.8 Å². The summed E-state index contributed by atoms with van der Waals surface area (Å²) in [6.07, 6.45) is -5.36. The molecule has 1 aliphatic heterocycles. The van der Waals surface area contributed by atoms with Gasteiger partial charge in [-0.25, -0.2) is 0 Å². The molecule has 0 aliphatic carbocycles. The molecule has 0 spiro atoms. The summed E-state index contributed by atoms with van der Waals surface area (Å²) in [6.45, 7) is 5.20. The first-order valence-electron chi connectivity index (χ1n) is 6.15. The van der Waals surface area contributed by atoms with Crippen molar-refractivity contribution in [3.8, 4) is 0 Å². The Morgan fingerprint density at radius 3 is 2.32 bits per heavy atom. The smallest absolute Gasteiger partial charge is 0.342 e. The van der Waals surface area contributed by atoms with Crippen LogP contribution in [0.2, 0.25) is 0 Å². The highest BCUT2D eigenvalue weighted by atomic mass is 19.4. The van der Waals surface area contributed by atoms with Crippen molar-refractivity contribution in [1.82, 2.24) is 10.2 Å². The lowest BCUT2D eigenvalue weighted by Crippen LogP contribution is -2.62. The van der Waals surface area contributed by atoms with E-state index in [0.29, 0.717) is 0 Å². The number of hydrogen-bond donors (Lipinski definition) is 1. The number of hydrogen-bond acceptors (Lipinski definition) is 2. The van der Waals surface area contributed by atoms with Gasteiger partial charge in [0.15, 0.2) is 0 Å². The predicted octanol–water partition coefficient (Wildman–Crippen LogP) is 1.70. The molecule has 1 aliphatic rings. The van der Waals surface area contributed by atoms with Gasteiger partial charge in [-0.2, -0.15) is 13.2 Å². The minimum atomic E-state index is -4.23. The predicted molar refractivity (Wildman–Crippen MR) is 63.3 cm³/mol. The molecule has 1 rings (SSSR count). The van der Waals surface area contributed by atoms with E-state index in [0.717, 1.165) is 0 Å². The number of alkyl halides is 3. The van der Waals surface area contributed by atoms with Crippen molar-refractivity contribution in [3.05, 3.63) is 0 Å². The quantitative estimate of drug-likeness (QED) is 0.855. The van der Waals surface area contributed by atoms with Gasteiger partial charge in [-0.3, -0.25) is 9.59 Å². The van der Waals surface area contributed by atoms with Crippen molar-refractivity contribution in [3.63, 3.8) is 0 Å². The van der Waals surface area contributed by atoms with Crippen LogP contribution in [0.15, 0.2) is 0 Å². The first kappa shape index (κ1) is 15.8. The Morgan fingerprint density at radius 2 is 1.84 bits per heavy atom. The summed E-state index contributed by atoms with van der Waals surface area (Å²) in [7, 11) is 0. The number of rotatable bonds is 3. The Balaban J connectivity index is 2.63. The molecule has 110 valence electrons. The van der Waals surface area contributed by atoms with E-state index in [2.05, 4.69) is 5.32 Å². The summed E-state index contributed by atoms with van der Waals surface area (Å²) in [5.74, 6) is -0.638. The lowest BCUT2D eigenvalue weighted by atomic mass is 9.84. The molecule has 1 atom stereocenters. The fourth-order valence-electron chi connectivity index (χ4n) is 1.95. The Kier molecular flexibility index (Phi) is 4.47. The van der Waals surface area contributed by atoms with E-state index >= 15 is 0 Å². The van der Waals surface area contributed by atoms with Gasteiger partial charge in [0.1, 0.15) is 6.04 Å². The van der Waals surface area contributed by atoms with E-state index in [-0.39, 0.29) is 31.3 Å². The van der Waals surface area contributed by atoms with Gasteiger partial charge < -0.3 is 10.2 Å². The first-order chi connectivity index (χ1) is 8.50. The van der Waals surface area contributed by atoms with E-state index in [4.69, 9.17) is 0 Å². The minimum Gasteiger partial charge on any atom is -0.342 e. The van der Waals surface area contributed by atoms with E-state index in [1.54, 1.807) is 20.8 Å².